The fourth-order valence-corrected chi connectivity index (χ4v) is 3.34. The molecule has 0 aliphatic carbocycles. The topological polar surface area (TPSA) is 121 Å². The number of anilines is 1. The van der Waals surface area contributed by atoms with Crippen molar-refractivity contribution in [2.45, 2.75) is 26.4 Å². The number of hydrogen-bond acceptors (Lipinski definition) is 6. The predicted octanol–water partition coefficient (Wildman–Crippen LogP) is 3.70. The Kier molecular flexibility index (Phi) is 4.71. The van der Waals surface area contributed by atoms with E-state index in [-0.39, 0.29) is 11.5 Å². The molecule has 0 fully saturated rings. The molecule has 1 amide bonds. The van der Waals surface area contributed by atoms with E-state index in [0.717, 1.165) is 0 Å². The van der Waals surface area contributed by atoms with Gasteiger partial charge in [0, 0.05) is 4.88 Å². The van der Waals surface area contributed by atoms with Gasteiger partial charge in [-0.05, 0) is 44.5 Å². The summed E-state index contributed by atoms with van der Waals surface area (Å²) in [5.41, 5.74) is 0.124. The molecule has 0 atom stereocenters. The zero-order valence-electron chi connectivity index (χ0n) is 14.8. The molecule has 1 aromatic carbocycles. The highest BCUT2D eigenvalue weighted by Crippen LogP contribution is 2.31. The van der Waals surface area contributed by atoms with E-state index in [4.69, 9.17) is 9.84 Å². The van der Waals surface area contributed by atoms with Crippen LogP contribution in [-0.4, -0.2) is 32.7 Å². The van der Waals surface area contributed by atoms with Gasteiger partial charge in [-0.15, -0.1) is 11.3 Å². The van der Waals surface area contributed by atoms with Gasteiger partial charge in [0.15, 0.2) is 0 Å². The number of fused-ring (bicyclic) bond motifs is 1. The van der Waals surface area contributed by atoms with E-state index >= 15 is 0 Å². The second kappa shape index (κ2) is 6.84. The number of H-pyrrole nitrogens is 1. The van der Waals surface area contributed by atoms with Gasteiger partial charge in [0.25, 0.3) is 5.56 Å². The van der Waals surface area contributed by atoms with Crippen LogP contribution in [0.5, 0.6) is 0 Å². The number of benzene rings is 1. The second-order valence-corrected chi connectivity index (χ2v) is 7.80. The summed E-state index contributed by atoms with van der Waals surface area (Å²) in [5, 5.41) is 11.5. The number of nitrogens with one attached hydrogen (secondary N) is 2. The first-order valence-electron chi connectivity index (χ1n) is 8.00. The van der Waals surface area contributed by atoms with E-state index in [0.29, 0.717) is 20.7 Å². The molecule has 140 valence electrons. The van der Waals surface area contributed by atoms with E-state index in [9.17, 15) is 14.4 Å². The number of carboxylic acid groups (broad SMARTS) is 1. The molecular formula is C18H17N3O5S. The minimum Gasteiger partial charge on any atom is -0.478 e. The van der Waals surface area contributed by atoms with Gasteiger partial charge in [-0.3, -0.25) is 15.1 Å². The van der Waals surface area contributed by atoms with Crippen LogP contribution in [0.3, 0.4) is 0 Å². The van der Waals surface area contributed by atoms with E-state index < -0.39 is 23.2 Å². The Bertz CT molecular complexity index is 1090. The highest BCUT2D eigenvalue weighted by Gasteiger charge is 2.18. The van der Waals surface area contributed by atoms with Crippen LogP contribution in [0.2, 0.25) is 0 Å². The van der Waals surface area contributed by atoms with E-state index in [1.54, 1.807) is 39.0 Å². The highest BCUT2D eigenvalue weighted by molar-refractivity contribution is 7.22. The van der Waals surface area contributed by atoms with Gasteiger partial charge in [0.1, 0.15) is 10.3 Å². The molecule has 3 N–H and O–H groups in total. The number of carbonyl (C=O) groups is 2. The van der Waals surface area contributed by atoms with Crippen molar-refractivity contribution in [1.29, 1.82) is 0 Å². The fourth-order valence-electron chi connectivity index (χ4n) is 2.35. The Morgan fingerprint density at radius 2 is 2.00 bits per heavy atom. The Balaban J connectivity index is 1.95. The molecule has 8 nitrogen and oxygen atoms in total. The highest BCUT2D eigenvalue weighted by atomic mass is 32.1. The number of hydrogen-bond donors (Lipinski definition) is 3. The summed E-state index contributed by atoms with van der Waals surface area (Å²) in [4.78, 5) is 42.7. The lowest BCUT2D eigenvalue weighted by molar-refractivity contribution is 0.0632. The first-order chi connectivity index (χ1) is 12.6. The van der Waals surface area contributed by atoms with Crippen LogP contribution in [0.25, 0.3) is 20.7 Å². The first-order valence-corrected chi connectivity index (χ1v) is 8.81. The monoisotopic (exact) mass is 387 g/mol. The van der Waals surface area contributed by atoms with Gasteiger partial charge in [0.2, 0.25) is 5.95 Å². The Morgan fingerprint density at radius 3 is 2.67 bits per heavy atom. The smallest absolute Gasteiger partial charge is 0.414 e. The standard InChI is InChI=1S/C18H17N3O5S/c1-18(2,3)26-17(25)21-16-19-11-8-12(27-13(11)14(22)20-16)9-5-4-6-10(7-9)15(23)24/h4-8H,1-3H3,(H,23,24)(H2,19,20,21,22,25). The lowest BCUT2D eigenvalue weighted by atomic mass is 10.1. The third kappa shape index (κ3) is 4.32. The normalized spacial score (nSPS) is 11.4. The lowest BCUT2D eigenvalue weighted by Crippen LogP contribution is -2.28. The molecule has 27 heavy (non-hydrogen) atoms. The molecule has 3 aromatic rings. The van der Waals surface area contributed by atoms with Crippen LogP contribution < -0.4 is 10.9 Å². The summed E-state index contributed by atoms with van der Waals surface area (Å²) in [6.07, 6.45) is -0.727. The molecule has 9 heteroatoms. The van der Waals surface area contributed by atoms with Gasteiger partial charge >= 0.3 is 12.1 Å². The Morgan fingerprint density at radius 1 is 1.26 bits per heavy atom. The number of rotatable bonds is 3. The number of aromatic nitrogens is 2. The summed E-state index contributed by atoms with van der Waals surface area (Å²) in [6.45, 7) is 5.17. The number of carbonyl (C=O) groups excluding carboxylic acids is 1. The third-order valence-electron chi connectivity index (χ3n) is 3.40. The van der Waals surface area contributed by atoms with Crippen LogP contribution in [-0.2, 0) is 4.74 Å². The number of aromatic amines is 1. The first kappa shape index (κ1) is 18.6. The van der Waals surface area contributed by atoms with Crippen molar-refractivity contribution in [2.75, 3.05) is 5.32 Å². The number of amides is 1. The van der Waals surface area contributed by atoms with Gasteiger partial charge in [-0.1, -0.05) is 12.1 Å². The molecule has 0 unspecified atom stereocenters. The van der Waals surface area contributed by atoms with Crippen molar-refractivity contribution < 1.29 is 19.4 Å². The summed E-state index contributed by atoms with van der Waals surface area (Å²) in [5.74, 6) is -1.05. The zero-order chi connectivity index (χ0) is 19.8. The van der Waals surface area contributed by atoms with Gasteiger partial charge in [-0.2, -0.15) is 0 Å². The Labute approximate surface area is 157 Å². The van der Waals surface area contributed by atoms with Crippen molar-refractivity contribution in [3.63, 3.8) is 0 Å². The minimum absolute atomic E-state index is 0.0228. The number of thiophene rings is 1. The van der Waals surface area contributed by atoms with Gasteiger partial charge < -0.3 is 9.84 Å². The molecule has 0 spiro atoms. The second-order valence-electron chi connectivity index (χ2n) is 6.75. The molecule has 0 aliphatic heterocycles. The van der Waals surface area contributed by atoms with Crippen molar-refractivity contribution >= 4 is 39.6 Å². The van der Waals surface area contributed by atoms with Crippen LogP contribution in [0.4, 0.5) is 10.7 Å². The zero-order valence-corrected chi connectivity index (χ0v) is 15.6. The number of carboxylic acids is 1. The van der Waals surface area contributed by atoms with Crippen LogP contribution >= 0.6 is 11.3 Å². The maximum atomic E-state index is 12.3. The molecule has 0 radical (unpaired) electrons. The van der Waals surface area contributed by atoms with Crippen molar-refractivity contribution in [1.82, 2.24) is 9.97 Å². The molecule has 0 aliphatic rings. The molecule has 3 rings (SSSR count). The van der Waals surface area contributed by atoms with Crippen molar-refractivity contribution in [2.24, 2.45) is 0 Å². The van der Waals surface area contributed by atoms with Crippen LogP contribution in [0.1, 0.15) is 31.1 Å². The third-order valence-corrected chi connectivity index (χ3v) is 4.57. The number of nitrogens with zero attached hydrogens (tertiary/aromatic N) is 1. The fraction of sp³-hybridized carbons (Fsp3) is 0.222. The molecule has 0 bridgehead atoms. The van der Waals surface area contributed by atoms with Crippen LogP contribution in [0.15, 0.2) is 35.1 Å². The van der Waals surface area contributed by atoms with E-state index in [2.05, 4.69) is 15.3 Å². The molecule has 2 aromatic heterocycles. The number of aromatic carboxylic acids is 1. The average Bonchev–Trinajstić information content (AvgIpc) is 2.97. The molecule has 2 heterocycles. The SMILES string of the molecule is CC(C)(C)OC(=O)Nc1nc2cc(-c3cccc(C(=O)O)c3)sc2c(=O)[nH]1. The van der Waals surface area contributed by atoms with Crippen LogP contribution in [0, 0.1) is 0 Å². The lowest BCUT2D eigenvalue weighted by Gasteiger charge is -2.19. The average molecular weight is 387 g/mol. The summed E-state index contributed by atoms with van der Waals surface area (Å²) >= 11 is 1.19. The Hall–Kier alpha value is -3.20. The molecular weight excluding hydrogens is 370 g/mol. The molecule has 0 saturated heterocycles. The quantitative estimate of drug-likeness (QED) is 0.630. The largest absolute Gasteiger partial charge is 0.478 e. The summed E-state index contributed by atoms with van der Waals surface area (Å²) in [6, 6.07) is 8.09. The summed E-state index contributed by atoms with van der Waals surface area (Å²) < 4.78 is 5.51. The number of ether oxygens (including phenoxy) is 1. The predicted molar refractivity (Wildman–Crippen MR) is 102 cm³/mol. The maximum absolute atomic E-state index is 12.3. The maximum Gasteiger partial charge on any atom is 0.414 e. The van der Waals surface area contributed by atoms with E-state index in [1.807, 2.05) is 0 Å². The summed E-state index contributed by atoms with van der Waals surface area (Å²) in [7, 11) is 0. The molecule has 0 saturated carbocycles. The van der Waals surface area contributed by atoms with Crippen molar-refractivity contribution in [3.05, 3.63) is 46.2 Å². The van der Waals surface area contributed by atoms with Crippen molar-refractivity contribution in [3.8, 4) is 10.4 Å². The van der Waals surface area contributed by atoms with Gasteiger partial charge in [-0.25, -0.2) is 14.6 Å². The minimum atomic E-state index is -1.03. The van der Waals surface area contributed by atoms with Gasteiger partial charge in [0.05, 0.1) is 11.1 Å². The van der Waals surface area contributed by atoms with E-state index in [1.165, 1.54) is 23.5 Å².